The highest BCUT2D eigenvalue weighted by atomic mass is 32.2. The SMILES string of the molecule is COc1cc(Sc2nc3ccc(C)cc3[nH]2)c(F)cc1N. The smallest absolute Gasteiger partial charge is 0.171 e. The molecule has 0 radical (unpaired) electrons. The normalized spacial score (nSPS) is 11.0. The Bertz CT molecular complexity index is 816. The first-order valence-electron chi connectivity index (χ1n) is 6.34. The molecule has 3 N–H and O–H groups in total. The molecule has 0 aliphatic carbocycles. The molecular formula is C15H14FN3OS. The molecular weight excluding hydrogens is 289 g/mol. The lowest BCUT2D eigenvalue weighted by molar-refractivity contribution is 0.414. The number of anilines is 1. The van der Waals surface area contributed by atoms with Gasteiger partial charge >= 0.3 is 0 Å². The molecule has 3 rings (SSSR count). The van der Waals surface area contributed by atoms with Crippen LogP contribution >= 0.6 is 11.8 Å². The predicted octanol–water partition coefficient (Wildman–Crippen LogP) is 3.75. The molecule has 21 heavy (non-hydrogen) atoms. The van der Waals surface area contributed by atoms with E-state index >= 15 is 0 Å². The molecule has 2 aromatic carbocycles. The summed E-state index contributed by atoms with van der Waals surface area (Å²) in [5.74, 6) is 0.0563. The maximum Gasteiger partial charge on any atom is 0.171 e. The van der Waals surface area contributed by atoms with Crippen LogP contribution in [0.3, 0.4) is 0 Å². The minimum atomic E-state index is -0.394. The van der Waals surface area contributed by atoms with Gasteiger partial charge < -0.3 is 15.5 Å². The zero-order valence-corrected chi connectivity index (χ0v) is 12.4. The number of nitrogens with zero attached hydrogens (tertiary/aromatic N) is 1. The maximum absolute atomic E-state index is 14.0. The number of imidazole rings is 1. The van der Waals surface area contributed by atoms with E-state index in [2.05, 4.69) is 9.97 Å². The number of aromatic nitrogens is 2. The third kappa shape index (κ3) is 2.67. The number of H-pyrrole nitrogens is 1. The Morgan fingerprint density at radius 3 is 2.86 bits per heavy atom. The molecule has 0 bridgehead atoms. The van der Waals surface area contributed by atoms with Crippen LogP contribution < -0.4 is 10.5 Å². The number of benzene rings is 2. The number of aryl methyl sites for hydroxylation is 1. The molecule has 0 aliphatic heterocycles. The van der Waals surface area contributed by atoms with Gasteiger partial charge in [0, 0.05) is 6.07 Å². The summed E-state index contributed by atoms with van der Waals surface area (Å²) in [5.41, 5.74) is 8.88. The Hall–Kier alpha value is -2.21. The lowest BCUT2D eigenvalue weighted by Crippen LogP contribution is -1.95. The summed E-state index contributed by atoms with van der Waals surface area (Å²) < 4.78 is 19.1. The topological polar surface area (TPSA) is 63.9 Å². The van der Waals surface area contributed by atoms with E-state index in [9.17, 15) is 4.39 Å². The number of ether oxygens (including phenoxy) is 1. The van der Waals surface area contributed by atoms with Crippen molar-refractivity contribution in [2.75, 3.05) is 12.8 Å². The van der Waals surface area contributed by atoms with E-state index in [4.69, 9.17) is 10.5 Å². The van der Waals surface area contributed by atoms with Crippen LogP contribution in [0, 0.1) is 12.7 Å². The fourth-order valence-electron chi connectivity index (χ4n) is 2.06. The van der Waals surface area contributed by atoms with E-state index in [1.54, 1.807) is 6.07 Å². The molecule has 0 atom stereocenters. The number of rotatable bonds is 3. The van der Waals surface area contributed by atoms with Crippen molar-refractivity contribution in [1.82, 2.24) is 9.97 Å². The van der Waals surface area contributed by atoms with Crippen LogP contribution in [0.25, 0.3) is 11.0 Å². The van der Waals surface area contributed by atoms with Gasteiger partial charge in [-0.15, -0.1) is 0 Å². The quantitative estimate of drug-likeness (QED) is 0.723. The van der Waals surface area contributed by atoms with Gasteiger partial charge in [0.25, 0.3) is 0 Å². The Morgan fingerprint density at radius 2 is 2.10 bits per heavy atom. The maximum atomic E-state index is 14.0. The molecule has 4 nitrogen and oxygen atoms in total. The number of fused-ring (bicyclic) bond motifs is 1. The molecule has 0 saturated carbocycles. The number of aromatic amines is 1. The van der Waals surface area contributed by atoms with Crippen molar-refractivity contribution < 1.29 is 9.13 Å². The van der Waals surface area contributed by atoms with Crippen molar-refractivity contribution in [3.63, 3.8) is 0 Å². The molecule has 3 aromatic rings. The van der Waals surface area contributed by atoms with E-state index in [1.807, 2.05) is 25.1 Å². The highest BCUT2D eigenvalue weighted by molar-refractivity contribution is 7.99. The average Bonchev–Trinajstić information content (AvgIpc) is 2.83. The Labute approximate surface area is 125 Å². The molecule has 0 spiro atoms. The molecule has 0 amide bonds. The van der Waals surface area contributed by atoms with Crippen molar-refractivity contribution in [1.29, 1.82) is 0 Å². The molecule has 0 saturated heterocycles. The predicted molar refractivity (Wildman–Crippen MR) is 82.3 cm³/mol. The van der Waals surface area contributed by atoms with E-state index < -0.39 is 5.82 Å². The molecule has 1 aromatic heterocycles. The van der Waals surface area contributed by atoms with Crippen LogP contribution in [0.5, 0.6) is 5.75 Å². The van der Waals surface area contributed by atoms with E-state index in [1.165, 1.54) is 24.9 Å². The summed E-state index contributed by atoms with van der Waals surface area (Å²) in [6, 6.07) is 8.77. The lowest BCUT2D eigenvalue weighted by atomic mass is 10.2. The molecule has 6 heteroatoms. The van der Waals surface area contributed by atoms with Crippen LogP contribution in [0.2, 0.25) is 0 Å². The van der Waals surface area contributed by atoms with Gasteiger partial charge in [0.2, 0.25) is 0 Å². The van der Waals surface area contributed by atoms with Gasteiger partial charge in [0.1, 0.15) is 11.6 Å². The van der Waals surface area contributed by atoms with Gasteiger partial charge in [0.05, 0.1) is 28.7 Å². The largest absolute Gasteiger partial charge is 0.495 e. The minimum absolute atomic E-state index is 0.277. The van der Waals surface area contributed by atoms with Crippen LogP contribution in [0.1, 0.15) is 5.56 Å². The van der Waals surface area contributed by atoms with Crippen LogP contribution in [0.4, 0.5) is 10.1 Å². The summed E-state index contributed by atoms with van der Waals surface area (Å²) >= 11 is 1.21. The van der Waals surface area contributed by atoms with Gasteiger partial charge in [-0.3, -0.25) is 0 Å². The number of nitrogens with one attached hydrogen (secondary N) is 1. The fourth-order valence-corrected chi connectivity index (χ4v) is 2.89. The second kappa shape index (κ2) is 5.29. The number of hydrogen-bond donors (Lipinski definition) is 2. The van der Waals surface area contributed by atoms with Gasteiger partial charge in [-0.1, -0.05) is 6.07 Å². The van der Waals surface area contributed by atoms with Crippen molar-refractivity contribution in [3.05, 3.63) is 41.7 Å². The summed E-state index contributed by atoms with van der Waals surface area (Å²) in [5, 5.41) is 0.626. The highest BCUT2D eigenvalue weighted by Crippen LogP contribution is 2.34. The standard InChI is InChI=1S/C15H14FN3OS/c1-8-3-4-11-12(5-8)19-15(18-11)21-14-7-13(20-2)10(17)6-9(14)16/h3-7H,17H2,1-2H3,(H,18,19). The molecule has 1 heterocycles. The molecule has 0 unspecified atom stereocenters. The summed E-state index contributed by atoms with van der Waals surface area (Å²) in [6.45, 7) is 2.01. The lowest BCUT2D eigenvalue weighted by Gasteiger charge is -2.07. The molecule has 108 valence electrons. The number of halogens is 1. The summed E-state index contributed by atoms with van der Waals surface area (Å²) in [7, 11) is 1.50. The third-order valence-electron chi connectivity index (χ3n) is 3.11. The number of nitrogen functional groups attached to an aromatic ring is 1. The van der Waals surface area contributed by atoms with Gasteiger partial charge in [-0.25, -0.2) is 9.37 Å². The van der Waals surface area contributed by atoms with Crippen LogP contribution in [-0.2, 0) is 0 Å². The van der Waals surface area contributed by atoms with Crippen molar-refractivity contribution in [2.24, 2.45) is 0 Å². The third-order valence-corrected chi connectivity index (χ3v) is 4.03. The Kier molecular flexibility index (Phi) is 3.47. The van der Waals surface area contributed by atoms with Crippen molar-refractivity contribution in [2.45, 2.75) is 17.0 Å². The first-order valence-corrected chi connectivity index (χ1v) is 7.15. The second-order valence-electron chi connectivity index (χ2n) is 4.69. The van der Waals surface area contributed by atoms with E-state index in [0.717, 1.165) is 16.6 Å². The van der Waals surface area contributed by atoms with Crippen LogP contribution in [0.15, 0.2) is 40.4 Å². The van der Waals surface area contributed by atoms with Gasteiger partial charge in [0.15, 0.2) is 5.16 Å². The van der Waals surface area contributed by atoms with Crippen molar-refractivity contribution >= 4 is 28.5 Å². The Morgan fingerprint density at radius 1 is 1.29 bits per heavy atom. The average molecular weight is 303 g/mol. The van der Waals surface area contributed by atoms with Crippen molar-refractivity contribution in [3.8, 4) is 5.75 Å². The highest BCUT2D eigenvalue weighted by Gasteiger charge is 2.12. The first-order chi connectivity index (χ1) is 10.1. The van der Waals surface area contributed by atoms with E-state index in [0.29, 0.717) is 15.8 Å². The first kappa shape index (κ1) is 13.8. The number of nitrogens with two attached hydrogens (primary N) is 1. The monoisotopic (exact) mass is 303 g/mol. The number of hydrogen-bond acceptors (Lipinski definition) is 4. The summed E-state index contributed by atoms with van der Waals surface area (Å²) in [4.78, 5) is 8.03. The minimum Gasteiger partial charge on any atom is -0.495 e. The van der Waals surface area contributed by atoms with Crippen LogP contribution in [-0.4, -0.2) is 17.1 Å². The Balaban J connectivity index is 1.98. The summed E-state index contributed by atoms with van der Waals surface area (Å²) in [6.07, 6.45) is 0. The fraction of sp³-hybridized carbons (Fsp3) is 0.133. The van der Waals surface area contributed by atoms with Gasteiger partial charge in [-0.05, 0) is 42.4 Å². The molecule has 0 aliphatic rings. The second-order valence-corrected chi connectivity index (χ2v) is 5.72. The van der Waals surface area contributed by atoms with Gasteiger partial charge in [-0.2, -0.15) is 0 Å². The van der Waals surface area contributed by atoms with E-state index in [-0.39, 0.29) is 5.69 Å². The molecule has 0 fully saturated rings. The number of methoxy groups -OCH3 is 1. The zero-order valence-electron chi connectivity index (χ0n) is 11.6. The zero-order chi connectivity index (χ0) is 15.0.